The Bertz CT molecular complexity index is 717. The highest BCUT2D eigenvalue weighted by Crippen LogP contribution is 2.24. The average molecular weight is 403 g/mol. The summed E-state index contributed by atoms with van der Waals surface area (Å²) in [6, 6.07) is 8.49. The summed E-state index contributed by atoms with van der Waals surface area (Å²) in [6.45, 7) is 1.67. The second kappa shape index (κ2) is 7.26. The van der Waals surface area contributed by atoms with Crippen LogP contribution in [0.2, 0.25) is 5.02 Å². The van der Waals surface area contributed by atoms with E-state index in [0.29, 0.717) is 15.6 Å². The number of halogens is 2. The number of nitrogens with zero attached hydrogens (tertiary/aromatic N) is 1. The first-order valence-corrected chi connectivity index (χ1v) is 8.33. The van der Waals surface area contributed by atoms with Crippen LogP contribution in [0.15, 0.2) is 34.1 Å². The number of esters is 1. The number of ether oxygens (including phenoxy) is 1. The summed E-state index contributed by atoms with van der Waals surface area (Å²) in [5.41, 5.74) is 0.761. The third kappa shape index (κ3) is 4.32. The lowest BCUT2D eigenvalue weighted by atomic mass is 10.2. The predicted molar refractivity (Wildman–Crippen MR) is 90.8 cm³/mol. The number of thiophene rings is 1. The largest absolute Gasteiger partial charge is 0.425 e. The summed E-state index contributed by atoms with van der Waals surface area (Å²) >= 11 is 10.5. The molecule has 0 radical (unpaired) electrons. The van der Waals surface area contributed by atoms with Crippen LogP contribution in [0, 0.1) is 6.92 Å². The SMILES string of the molecule is Cc1cc(Cl)ccc1OC(=O)CN(C)C(=O)c1ccc(Br)s1. The fourth-order valence-electron chi connectivity index (χ4n) is 1.77. The second-order valence-corrected chi connectivity index (χ2v) is 7.55. The van der Waals surface area contributed by atoms with Crippen molar-refractivity contribution < 1.29 is 14.3 Å². The van der Waals surface area contributed by atoms with Gasteiger partial charge in [0.2, 0.25) is 0 Å². The molecule has 7 heteroatoms. The Morgan fingerprint density at radius 1 is 1.32 bits per heavy atom. The molecule has 0 aliphatic heterocycles. The van der Waals surface area contributed by atoms with Crippen molar-refractivity contribution in [3.8, 4) is 5.75 Å². The summed E-state index contributed by atoms with van der Waals surface area (Å²) < 4.78 is 6.13. The molecule has 0 aliphatic rings. The van der Waals surface area contributed by atoms with E-state index >= 15 is 0 Å². The standard InChI is InChI=1S/C15H13BrClNO3S/c1-9-7-10(17)3-4-11(9)21-14(19)8-18(2)15(20)12-5-6-13(16)22-12/h3-7H,8H2,1-2H3. The Morgan fingerprint density at radius 2 is 2.05 bits per heavy atom. The summed E-state index contributed by atoms with van der Waals surface area (Å²) in [5.74, 6) is -0.286. The van der Waals surface area contributed by atoms with Gasteiger partial charge in [-0.3, -0.25) is 4.79 Å². The van der Waals surface area contributed by atoms with Crippen LogP contribution in [-0.2, 0) is 4.79 Å². The fourth-order valence-corrected chi connectivity index (χ4v) is 3.37. The van der Waals surface area contributed by atoms with Gasteiger partial charge in [-0.15, -0.1) is 11.3 Å². The summed E-state index contributed by atoms with van der Waals surface area (Å²) in [5, 5.41) is 0.577. The molecule has 0 N–H and O–H groups in total. The smallest absolute Gasteiger partial charge is 0.331 e. The quantitative estimate of drug-likeness (QED) is 0.570. The molecule has 4 nitrogen and oxygen atoms in total. The lowest BCUT2D eigenvalue weighted by Crippen LogP contribution is -2.33. The summed E-state index contributed by atoms with van der Waals surface area (Å²) in [4.78, 5) is 26.0. The molecule has 1 aromatic carbocycles. The number of likely N-dealkylation sites (N-methyl/N-ethyl adjacent to an activating group) is 1. The minimum absolute atomic E-state index is 0.129. The number of carbonyl (C=O) groups is 2. The molecule has 22 heavy (non-hydrogen) atoms. The molecule has 0 spiro atoms. The molecule has 1 amide bonds. The van der Waals surface area contributed by atoms with Crippen LogP contribution in [0.3, 0.4) is 0 Å². The number of hydrogen-bond acceptors (Lipinski definition) is 4. The van der Waals surface area contributed by atoms with Crippen molar-refractivity contribution in [1.29, 1.82) is 0 Å². The maximum Gasteiger partial charge on any atom is 0.331 e. The van der Waals surface area contributed by atoms with E-state index in [-0.39, 0.29) is 12.5 Å². The van der Waals surface area contributed by atoms with Crippen molar-refractivity contribution in [3.05, 3.63) is 49.6 Å². The molecule has 0 fully saturated rings. The predicted octanol–water partition coefficient (Wildman–Crippen LogP) is 4.15. The molecule has 0 saturated carbocycles. The van der Waals surface area contributed by atoms with Crippen molar-refractivity contribution in [2.45, 2.75) is 6.92 Å². The third-order valence-corrected chi connectivity index (χ3v) is 4.70. The molecule has 0 aliphatic carbocycles. The minimum Gasteiger partial charge on any atom is -0.425 e. The van der Waals surface area contributed by atoms with Crippen LogP contribution in [0.25, 0.3) is 0 Å². The van der Waals surface area contributed by atoms with Gasteiger partial charge in [-0.2, -0.15) is 0 Å². The van der Waals surface area contributed by atoms with Gasteiger partial charge < -0.3 is 9.64 Å². The lowest BCUT2D eigenvalue weighted by Gasteiger charge is -2.15. The van der Waals surface area contributed by atoms with E-state index in [1.54, 1.807) is 44.3 Å². The summed E-state index contributed by atoms with van der Waals surface area (Å²) in [7, 11) is 1.56. The first-order valence-electron chi connectivity index (χ1n) is 6.34. The van der Waals surface area contributed by atoms with Crippen molar-refractivity contribution >= 4 is 50.7 Å². The number of hydrogen-bond donors (Lipinski definition) is 0. The first-order chi connectivity index (χ1) is 10.4. The van der Waals surface area contributed by atoms with E-state index in [1.165, 1.54) is 16.2 Å². The van der Waals surface area contributed by atoms with Gasteiger partial charge in [0.05, 0.1) is 8.66 Å². The van der Waals surface area contributed by atoms with Gasteiger partial charge in [0.1, 0.15) is 12.3 Å². The molecule has 116 valence electrons. The van der Waals surface area contributed by atoms with Crippen LogP contribution in [0.1, 0.15) is 15.2 Å². The normalized spacial score (nSPS) is 10.4. The fraction of sp³-hybridized carbons (Fsp3) is 0.200. The Labute approximate surface area is 145 Å². The molecular formula is C15H13BrClNO3S. The van der Waals surface area contributed by atoms with E-state index in [9.17, 15) is 9.59 Å². The van der Waals surface area contributed by atoms with Gasteiger partial charge >= 0.3 is 5.97 Å². The number of carbonyl (C=O) groups excluding carboxylic acids is 2. The highest BCUT2D eigenvalue weighted by molar-refractivity contribution is 9.11. The van der Waals surface area contributed by atoms with Gasteiger partial charge in [0.15, 0.2) is 0 Å². The first kappa shape index (κ1) is 17.0. The number of benzene rings is 1. The molecule has 1 heterocycles. The third-order valence-electron chi connectivity index (χ3n) is 2.86. The highest BCUT2D eigenvalue weighted by atomic mass is 79.9. The van der Waals surface area contributed by atoms with Crippen molar-refractivity contribution in [1.82, 2.24) is 4.90 Å². The molecule has 0 unspecified atom stereocenters. The van der Waals surface area contributed by atoms with Gasteiger partial charge in [0, 0.05) is 12.1 Å². The van der Waals surface area contributed by atoms with Crippen LogP contribution in [0.4, 0.5) is 0 Å². The molecule has 0 bridgehead atoms. The topological polar surface area (TPSA) is 46.6 Å². The Balaban J connectivity index is 1.98. The zero-order valence-corrected chi connectivity index (χ0v) is 15.1. The van der Waals surface area contributed by atoms with Crippen molar-refractivity contribution in [2.75, 3.05) is 13.6 Å². The zero-order chi connectivity index (χ0) is 16.3. The maximum atomic E-state index is 12.1. The lowest BCUT2D eigenvalue weighted by molar-refractivity contribution is -0.134. The monoisotopic (exact) mass is 401 g/mol. The highest BCUT2D eigenvalue weighted by Gasteiger charge is 2.18. The van der Waals surface area contributed by atoms with E-state index in [4.69, 9.17) is 16.3 Å². The number of amides is 1. The van der Waals surface area contributed by atoms with E-state index in [2.05, 4.69) is 15.9 Å². The van der Waals surface area contributed by atoms with Gasteiger partial charge in [-0.05, 0) is 58.7 Å². The van der Waals surface area contributed by atoms with Crippen LogP contribution in [0.5, 0.6) is 5.75 Å². The number of aryl methyl sites for hydroxylation is 1. The summed E-state index contributed by atoms with van der Waals surface area (Å²) in [6.07, 6.45) is 0. The van der Waals surface area contributed by atoms with Gasteiger partial charge in [0.25, 0.3) is 5.91 Å². The van der Waals surface area contributed by atoms with Crippen molar-refractivity contribution in [2.24, 2.45) is 0 Å². The molecule has 1 aromatic heterocycles. The van der Waals surface area contributed by atoms with Crippen molar-refractivity contribution in [3.63, 3.8) is 0 Å². The van der Waals surface area contributed by atoms with E-state index in [0.717, 1.165) is 9.35 Å². The molecule has 2 aromatic rings. The van der Waals surface area contributed by atoms with Crippen LogP contribution >= 0.6 is 38.9 Å². The Morgan fingerprint density at radius 3 is 2.64 bits per heavy atom. The Kier molecular flexibility index (Phi) is 5.61. The minimum atomic E-state index is -0.503. The van der Waals surface area contributed by atoms with Crippen LogP contribution in [-0.4, -0.2) is 30.4 Å². The average Bonchev–Trinajstić information content (AvgIpc) is 2.87. The van der Waals surface area contributed by atoms with Crippen LogP contribution < -0.4 is 4.74 Å². The van der Waals surface area contributed by atoms with E-state index < -0.39 is 5.97 Å². The zero-order valence-electron chi connectivity index (χ0n) is 11.9. The number of rotatable bonds is 4. The second-order valence-electron chi connectivity index (χ2n) is 4.65. The van der Waals surface area contributed by atoms with Gasteiger partial charge in [-0.1, -0.05) is 11.6 Å². The Hall–Kier alpha value is -1.37. The molecule has 0 saturated heterocycles. The molecular weight excluding hydrogens is 390 g/mol. The van der Waals surface area contributed by atoms with Gasteiger partial charge in [-0.25, -0.2) is 4.79 Å². The maximum absolute atomic E-state index is 12.1. The molecule has 2 rings (SSSR count). The molecule has 0 atom stereocenters. The van der Waals surface area contributed by atoms with E-state index in [1.807, 2.05) is 0 Å².